The Bertz CT molecular complexity index is 307. The molecule has 0 heterocycles. The fraction of sp³-hybridized carbons (Fsp3) is 0.818. The molecule has 4 heteroatoms. The van der Waals surface area contributed by atoms with Crippen LogP contribution in [0.4, 0.5) is 0 Å². The standard InChI is InChI=1S/C11H14O4/c1-14-10(12)8-5-3-4-6(8)7(4)9(5)11(13)15-2/h4-9H,3H2,1-2H3/t4?,5?,6-,7-,8-,9-/m1/s1. The van der Waals surface area contributed by atoms with Gasteiger partial charge in [0.15, 0.2) is 0 Å². The SMILES string of the molecule is COC(=O)[C@@H]1C2CC3[C@@H]1[C@@H]3[C@@H]2C(=O)OC. The Labute approximate surface area is 87.9 Å². The second-order valence-electron chi connectivity index (χ2n) is 4.82. The Balaban J connectivity index is 1.84. The molecule has 0 radical (unpaired) electrons. The fourth-order valence-electron chi connectivity index (χ4n) is 4.09. The Hall–Kier alpha value is -1.06. The van der Waals surface area contributed by atoms with E-state index in [9.17, 15) is 9.59 Å². The van der Waals surface area contributed by atoms with E-state index < -0.39 is 0 Å². The first-order valence-corrected chi connectivity index (χ1v) is 5.36. The maximum absolute atomic E-state index is 11.6. The third-order valence-corrected chi connectivity index (χ3v) is 4.54. The van der Waals surface area contributed by atoms with Gasteiger partial charge in [-0.15, -0.1) is 0 Å². The molecule has 4 bridgehead atoms. The predicted molar refractivity (Wildman–Crippen MR) is 49.6 cm³/mol. The molecule has 0 aromatic rings. The summed E-state index contributed by atoms with van der Waals surface area (Å²) < 4.78 is 9.60. The lowest BCUT2D eigenvalue weighted by atomic mass is 9.91. The molecule has 4 fully saturated rings. The summed E-state index contributed by atoms with van der Waals surface area (Å²) in [5.41, 5.74) is 0. The largest absolute Gasteiger partial charge is 0.469 e. The molecule has 0 unspecified atom stereocenters. The van der Waals surface area contributed by atoms with Gasteiger partial charge in [-0.2, -0.15) is 0 Å². The van der Waals surface area contributed by atoms with Crippen LogP contribution < -0.4 is 0 Å². The number of carbonyl (C=O) groups is 2. The zero-order chi connectivity index (χ0) is 10.7. The van der Waals surface area contributed by atoms with Crippen molar-refractivity contribution in [2.24, 2.45) is 35.5 Å². The monoisotopic (exact) mass is 210 g/mol. The molecule has 82 valence electrons. The van der Waals surface area contributed by atoms with Crippen molar-refractivity contribution in [3.63, 3.8) is 0 Å². The zero-order valence-electron chi connectivity index (χ0n) is 8.80. The Kier molecular flexibility index (Phi) is 1.68. The highest BCUT2D eigenvalue weighted by Crippen LogP contribution is 2.76. The van der Waals surface area contributed by atoms with Gasteiger partial charge in [0, 0.05) is 0 Å². The number of rotatable bonds is 2. The minimum absolute atomic E-state index is 0.0332. The van der Waals surface area contributed by atoms with E-state index in [1.54, 1.807) is 0 Å². The molecule has 0 amide bonds. The van der Waals surface area contributed by atoms with Crippen LogP contribution in [-0.2, 0) is 19.1 Å². The van der Waals surface area contributed by atoms with Crippen LogP contribution in [0.1, 0.15) is 6.42 Å². The van der Waals surface area contributed by atoms with Crippen LogP contribution in [0, 0.1) is 35.5 Å². The minimum Gasteiger partial charge on any atom is -0.469 e. The molecule has 0 N–H and O–H groups in total. The van der Waals surface area contributed by atoms with Gasteiger partial charge in [-0.05, 0) is 30.1 Å². The smallest absolute Gasteiger partial charge is 0.309 e. The number of hydrogen-bond donors (Lipinski definition) is 0. The highest BCUT2D eigenvalue weighted by Gasteiger charge is 2.77. The normalized spacial score (nSPS) is 48.9. The van der Waals surface area contributed by atoms with Gasteiger partial charge in [0.2, 0.25) is 0 Å². The molecule has 0 aromatic carbocycles. The molecule has 4 saturated carbocycles. The Morgan fingerprint density at radius 2 is 1.40 bits per heavy atom. The van der Waals surface area contributed by atoms with E-state index in [-0.39, 0.29) is 29.7 Å². The number of ether oxygens (including phenoxy) is 2. The highest BCUT2D eigenvalue weighted by molar-refractivity contribution is 5.81. The summed E-state index contributed by atoms with van der Waals surface area (Å²) in [6, 6.07) is 0. The lowest BCUT2D eigenvalue weighted by Crippen LogP contribution is -2.26. The van der Waals surface area contributed by atoms with Crippen molar-refractivity contribution in [2.45, 2.75) is 6.42 Å². The molecule has 0 aliphatic heterocycles. The van der Waals surface area contributed by atoms with Gasteiger partial charge in [-0.1, -0.05) is 0 Å². The molecule has 0 aromatic heterocycles. The molecule has 0 saturated heterocycles. The maximum Gasteiger partial charge on any atom is 0.309 e. The predicted octanol–water partition coefficient (Wildman–Crippen LogP) is 0.460. The van der Waals surface area contributed by atoms with Crippen LogP contribution in [0.25, 0.3) is 0 Å². The van der Waals surface area contributed by atoms with E-state index in [4.69, 9.17) is 9.47 Å². The van der Waals surface area contributed by atoms with E-state index in [0.717, 1.165) is 6.42 Å². The summed E-state index contributed by atoms with van der Waals surface area (Å²) in [6.07, 6.45) is 1.01. The molecule has 4 aliphatic carbocycles. The van der Waals surface area contributed by atoms with E-state index in [2.05, 4.69) is 0 Å². The number of hydrogen-bond acceptors (Lipinski definition) is 4. The summed E-state index contributed by atoms with van der Waals surface area (Å²) >= 11 is 0. The van der Waals surface area contributed by atoms with Gasteiger partial charge in [0.1, 0.15) is 0 Å². The Morgan fingerprint density at radius 3 is 1.73 bits per heavy atom. The van der Waals surface area contributed by atoms with Crippen molar-refractivity contribution in [3.8, 4) is 0 Å². The molecular weight excluding hydrogens is 196 g/mol. The lowest BCUT2D eigenvalue weighted by Gasteiger charge is -2.16. The highest BCUT2D eigenvalue weighted by atomic mass is 16.5. The van der Waals surface area contributed by atoms with E-state index in [1.165, 1.54) is 14.2 Å². The van der Waals surface area contributed by atoms with Crippen molar-refractivity contribution >= 4 is 11.9 Å². The molecule has 15 heavy (non-hydrogen) atoms. The van der Waals surface area contributed by atoms with Crippen molar-refractivity contribution in [1.29, 1.82) is 0 Å². The summed E-state index contributed by atoms with van der Waals surface area (Å²) in [5.74, 6) is 1.25. The quantitative estimate of drug-likeness (QED) is 0.621. The fourth-order valence-corrected chi connectivity index (χ4v) is 4.09. The summed E-state index contributed by atoms with van der Waals surface area (Å²) in [4.78, 5) is 23.1. The first-order valence-electron chi connectivity index (χ1n) is 5.36. The maximum atomic E-state index is 11.6. The topological polar surface area (TPSA) is 52.6 Å². The van der Waals surface area contributed by atoms with E-state index in [1.807, 2.05) is 0 Å². The van der Waals surface area contributed by atoms with Gasteiger partial charge < -0.3 is 9.47 Å². The van der Waals surface area contributed by atoms with Gasteiger partial charge >= 0.3 is 11.9 Å². The first kappa shape index (κ1) is 9.19. The van der Waals surface area contributed by atoms with Gasteiger partial charge in [0.05, 0.1) is 26.1 Å². The second-order valence-corrected chi connectivity index (χ2v) is 4.82. The molecular formula is C11H14O4. The Morgan fingerprint density at radius 1 is 0.933 bits per heavy atom. The molecule has 4 rings (SSSR count). The minimum atomic E-state index is -0.138. The van der Waals surface area contributed by atoms with Crippen molar-refractivity contribution < 1.29 is 19.1 Å². The summed E-state index contributed by atoms with van der Waals surface area (Å²) in [6.45, 7) is 0. The van der Waals surface area contributed by atoms with E-state index in [0.29, 0.717) is 17.8 Å². The second kappa shape index (κ2) is 2.74. The van der Waals surface area contributed by atoms with Crippen LogP contribution in [0.3, 0.4) is 0 Å². The van der Waals surface area contributed by atoms with Gasteiger partial charge in [-0.25, -0.2) is 0 Å². The number of carbonyl (C=O) groups excluding carboxylic acids is 2. The average molecular weight is 210 g/mol. The third kappa shape index (κ3) is 0.924. The van der Waals surface area contributed by atoms with Gasteiger partial charge in [-0.3, -0.25) is 9.59 Å². The van der Waals surface area contributed by atoms with E-state index >= 15 is 0 Å². The van der Waals surface area contributed by atoms with Crippen LogP contribution in [0.5, 0.6) is 0 Å². The summed E-state index contributed by atoms with van der Waals surface area (Å²) in [5, 5.41) is 0. The number of esters is 2. The average Bonchev–Trinajstić information content (AvgIpc) is 2.68. The van der Waals surface area contributed by atoms with Crippen LogP contribution in [0.2, 0.25) is 0 Å². The molecule has 4 aliphatic rings. The van der Waals surface area contributed by atoms with Gasteiger partial charge in [0.25, 0.3) is 0 Å². The lowest BCUT2D eigenvalue weighted by molar-refractivity contribution is -0.149. The molecule has 4 nitrogen and oxygen atoms in total. The molecule has 0 spiro atoms. The van der Waals surface area contributed by atoms with Crippen molar-refractivity contribution in [2.75, 3.05) is 14.2 Å². The third-order valence-electron chi connectivity index (χ3n) is 4.54. The number of methoxy groups -OCH3 is 2. The van der Waals surface area contributed by atoms with Crippen LogP contribution in [-0.4, -0.2) is 26.2 Å². The summed E-state index contributed by atoms with van der Waals surface area (Å²) in [7, 11) is 2.84. The van der Waals surface area contributed by atoms with Crippen LogP contribution >= 0.6 is 0 Å². The zero-order valence-corrected chi connectivity index (χ0v) is 8.80. The molecule has 4 atom stereocenters. The van der Waals surface area contributed by atoms with Crippen LogP contribution in [0.15, 0.2) is 0 Å². The van der Waals surface area contributed by atoms with Crippen molar-refractivity contribution in [1.82, 2.24) is 0 Å². The first-order chi connectivity index (χ1) is 7.20. The van der Waals surface area contributed by atoms with Crippen molar-refractivity contribution in [3.05, 3.63) is 0 Å².